The molecule has 0 aliphatic carbocycles. The highest BCUT2D eigenvalue weighted by Gasteiger charge is 2.23. The van der Waals surface area contributed by atoms with Crippen LogP contribution in [0.25, 0.3) is 0 Å². The average molecular weight is 388 g/mol. The lowest BCUT2D eigenvalue weighted by Gasteiger charge is -2.25. The normalized spacial score (nSPS) is 18.1. The summed E-state index contributed by atoms with van der Waals surface area (Å²) in [4.78, 5) is 26.9. The van der Waals surface area contributed by atoms with Gasteiger partial charge in [0.15, 0.2) is 0 Å². The Balaban J connectivity index is 1.85. The first-order valence-electron chi connectivity index (χ1n) is 8.25. The molecule has 2 N–H and O–H groups in total. The fourth-order valence-electron chi connectivity index (χ4n) is 3.01. The number of aliphatic carboxylic acids is 1. The minimum Gasteiger partial charge on any atom is -0.480 e. The molecule has 1 aliphatic heterocycles. The second-order valence-electron chi connectivity index (χ2n) is 6.28. The molecule has 2 rings (SSSR count). The predicted octanol–water partition coefficient (Wildman–Crippen LogP) is 3.07. The van der Waals surface area contributed by atoms with Crippen molar-refractivity contribution in [3.8, 4) is 0 Å². The van der Waals surface area contributed by atoms with E-state index in [-0.39, 0.29) is 18.6 Å². The van der Waals surface area contributed by atoms with Crippen LogP contribution in [-0.4, -0.2) is 59.6 Å². The van der Waals surface area contributed by atoms with E-state index in [1.807, 2.05) is 11.9 Å². The van der Waals surface area contributed by atoms with E-state index in [1.165, 1.54) is 0 Å². The first-order valence-corrected chi connectivity index (χ1v) is 9.01. The van der Waals surface area contributed by atoms with Crippen LogP contribution in [0.1, 0.15) is 24.8 Å². The van der Waals surface area contributed by atoms with E-state index in [1.54, 1.807) is 23.1 Å². The predicted molar refractivity (Wildman–Crippen MR) is 98.2 cm³/mol. The van der Waals surface area contributed by atoms with Crippen LogP contribution < -0.4 is 5.32 Å². The van der Waals surface area contributed by atoms with Crippen molar-refractivity contribution in [3.05, 3.63) is 33.8 Å². The highest BCUT2D eigenvalue weighted by Crippen LogP contribution is 2.21. The van der Waals surface area contributed by atoms with Crippen LogP contribution in [0, 0.1) is 0 Å². The van der Waals surface area contributed by atoms with Gasteiger partial charge in [-0.2, -0.15) is 0 Å². The van der Waals surface area contributed by atoms with Crippen LogP contribution in [0.4, 0.5) is 4.79 Å². The van der Waals surface area contributed by atoms with Gasteiger partial charge in [-0.15, -0.1) is 0 Å². The average Bonchev–Trinajstić information content (AvgIpc) is 2.79. The van der Waals surface area contributed by atoms with Gasteiger partial charge in [-0.25, -0.2) is 4.79 Å². The van der Waals surface area contributed by atoms with Gasteiger partial charge in [0.05, 0.1) is 6.54 Å². The molecule has 8 heteroatoms. The largest absolute Gasteiger partial charge is 0.480 e. The number of likely N-dealkylation sites (tertiary alicyclic amines) is 1. The minimum absolute atomic E-state index is 0.0198. The summed E-state index contributed by atoms with van der Waals surface area (Å²) in [5.41, 5.74) is 0.813. The Bertz CT molecular complexity index is 627. The molecule has 1 saturated heterocycles. The zero-order valence-electron chi connectivity index (χ0n) is 14.2. The van der Waals surface area contributed by atoms with Gasteiger partial charge < -0.3 is 15.3 Å². The summed E-state index contributed by atoms with van der Waals surface area (Å²) in [7, 11) is 1.82. The molecule has 25 heavy (non-hydrogen) atoms. The van der Waals surface area contributed by atoms with E-state index < -0.39 is 5.97 Å². The highest BCUT2D eigenvalue weighted by molar-refractivity contribution is 6.35. The summed E-state index contributed by atoms with van der Waals surface area (Å²) >= 11 is 12.0. The van der Waals surface area contributed by atoms with Gasteiger partial charge >= 0.3 is 12.0 Å². The lowest BCUT2D eigenvalue weighted by atomic mass is 10.1. The molecule has 1 aromatic carbocycles. The Labute approximate surface area is 157 Å². The van der Waals surface area contributed by atoms with Crippen molar-refractivity contribution in [2.24, 2.45) is 0 Å². The van der Waals surface area contributed by atoms with Gasteiger partial charge in [0.25, 0.3) is 0 Å². The maximum atomic E-state index is 12.4. The first-order chi connectivity index (χ1) is 11.9. The van der Waals surface area contributed by atoms with Gasteiger partial charge in [0, 0.05) is 35.7 Å². The monoisotopic (exact) mass is 387 g/mol. The standard InChI is InChI=1S/C17H23Cl2N3O3/c1-21(11-16(23)24)14-3-2-7-22(8-6-14)17(25)20-10-12-4-5-13(18)9-15(12)19/h4-5,9,14H,2-3,6-8,10-11H2,1H3,(H,20,25)(H,23,24). The number of nitrogens with one attached hydrogen (secondary N) is 1. The number of halogens is 2. The lowest BCUT2D eigenvalue weighted by molar-refractivity contribution is -0.138. The number of carbonyl (C=O) groups is 2. The van der Waals surface area contributed by atoms with E-state index in [0.29, 0.717) is 29.7 Å². The van der Waals surface area contributed by atoms with Gasteiger partial charge in [-0.3, -0.25) is 9.69 Å². The second-order valence-corrected chi connectivity index (χ2v) is 7.12. The summed E-state index contributed by atoms with van der Waals surface area (Å²) in [5, 5.41) is 12.9. The molecule has 2 amide bonds. The van der Waals surface area contributed by atoms with Gasteiger partial charge in [-0.05, 0) is 44.0 Å². The number of carboxylic acids is 1. The van der Waals surface area contributed by atoms with E-state index in [2.05, 4.69) is 5.32 Å². The van der Waals surface area contributed by atoms with Crippen molar-refractivity contribution < 1.29 is 14.7 Å². The van der Waals surface area contributed by atoms with Crippen molar-refractivity contribution in [2.45, 2.75) is 31.8 Å². The third-order valence-electron chi connectivity index (χ3n) is 4.44. The topological polar surface area (TPSA) is 72.9 Å². The van der Waals surface area contributed by atoms with Crippen molar-refractivity contribution in [1.82, 2.24) is 15.1 Å². The maximum Gasteiger partial charge on any atom is 0.317 e. The van der Waals surface area contributed by atoms with Crippen LogP contribution in [0.2, 0.25) is 10.0 Å². The molecule has 0 aromatic heterocycles. The molecule has 0 saturated carbocycles. The van der Waals surface area contributed by atoms with E-state index in [4.69, 9.17) is 28.3 Å². The van der Waals surface area contributed by atoms with Crippen LogP contribution in [-0.2, 0) is 11.3 Å². The third kappa shape index (κ3) is 6.06. The number of nitrogens with zero attached hydrogens (tertiary/aromatic N) is 2. The summed E-state index contributed by atoms with van der Waals surface area (Å²) in [5.74, 6) is -0.832. The fourth-order valence-corrected chi connectivity index (χ4v) is 3.49. The van der Waals surface area contributed by atoms with Crippen molar-refractivity contribution in [3.63, 3.8) is 0 Å². The quantitative estimate of drug-likeness (QED) is 0.813. The molecular formula is C17H23Cl2N3O3. The number of likely N-dealkylation sites (N-methyl/N-ethyl adjacent to an activating group) is 1. The van der Waals surface area contributed by atoms with Crippen molar-refractivity contribution in [2.75, 3.05) is 26.7 Å². The molecule has 1 fully saturated rings. The molecule has 1 unspecified atom stereocenters. The zero-order valence-corrected chi connectivity index (χ0v) is 15.7. The van der Waals surface area contributed by atoms with E-state index >= 15 is 0 Å². The van der Waals surface area contributed by atoms with Crippen LogP contribution >= 0.6 is 23.2 Å². The first kappa shape index (κ1) is 19.8. The zero-order chi connectivity index (χ0) is 18.4. The van der Waals surface area contributed by atoms with Gasteiger partial charge in [0.2, 0.25) is 0 Å². The van der Waals surface area contributed by atoms with Crippen LogP contribution in [0.15, 0.2) is 18.2 Å². The smallest absolute Gasteiger partial charge is 0.317 e. The Morgan fingerprint density at radius 3 is 2.76 bits per heavy atom. The Morgan fingerprint density at radius 1 is 1.32 bits per heavy atom. The minimum atomic E-state index is -0.832. The molecule has 0 radical (unpaired) electrons. The molecule has 0 bridgehead atoms. The number of carbonyl (C=O) groups excluding carboxylic acids is 1. The lowest BCUT2D eigenvalue weighted by Crippen LogP contribution is -2.41. The molecular weight excluding hydrogens is 365 g/mol. The number of hydrogen-bond donors (Lipinski definition) is 2. The summed E-state index contributed by atoms with van der Waals surface area (Å²) in [6.07, 6.45) is 2.50. The number of urea groups is 1. The third-order valence-corrected chi connectivity index (χ3v) is 5.02. The van der Waals surface area contributed by atoms with Crippen molar-refractivity contribution in [1.29, 1.82) is 0 Å². The molecule has 1 aromatic rings. The highest BCUT2D eigenvalue weighted by atomic mass is 35.5. The Hall–Kier alpha value is -1.50. The number of amides is 2. The number of carboxylic acid groups (broad SMARTS) is 1. The summed E-state index contributed by atoms with van der Waals surface area (Å²) in [6.45, 7) is 1.63. The second kappa shape index (κ2) is 9.27. The molecule has 6 nitrogen and oxygen atoms in total. The van der Waals surface area contributed by atoms with Crippen molar-refractivity contribution >= 4 is 35.2 Å². The summed E-state index contributed by atoms with van der Waals surface area (Å²) in [6, 6.07) is 5.24. The molecule has 1 heterocycles. The van der Waals surface area contributed by atoms with E-state index in [0.717, 1.165) is 24.8 Å². The molecule has 138 valence electrons. The Kier molecular flexibility index (Phi) is 7.35. The van der Waals surface area contributed by atoms with Crippen LogP contribution in [0.3, 0.4) is 0 Å². The number of hydrogen-bond acceptors (Lipinski definition) is 3. The fraction of sp³-hybridized carbons (Fsp3) is 0.529. The molecule has 1 aliphatic rings. The SMILES string of the molecule is CN(CC(=O)O)C1CCCN(C(=O)NCc2ccc(Cl)cc2Cl)CC1. The van der Waals surface area contributed by atoms with Gasteiger partial charge in [0.1, 0.15) is 0 Å². The van der Waals surface area contributed by atoms with Gasteiger partial charge in [-0.1, -0.05) is 29.3 Å². The molecule has 0 spiro atoms. The maximum absolute atomic E-state index is 12.4. The molecule has 1 atom stereocenters. The Morgan fingerprint density at radius 2 is 2.08 bits per heavy atom. The number of benzene rings is 1. The number of rotatable bonds is 5. The van der Waals surface area contributed by atoms with E-state index in [9.17, 15) is 9.59 Å². The van der Waals surface area contributed by atoms with Crippen LogP contribution in [0.5, 0.6) is 0 Å². The summed E-state index contributed by atoms with van der Waals surface area (Å²) < 4.78 is 0.